The number of hydrogen-bond acceptors (Lipinski definition) is 7. The summed E-state index contributed by atoms with van der Waals surface area (Å²) in [4.78, 5) is 62.0. The Hall–Kier alpha value is -2.54. The summed E-state index contributed by atoms with van der Waals surface area (Å²) < 4.78 is 30.0. The number of carbonyl (C=O) groups is 5. The number of Topliss-reactive ketones (excluding diaryl/α,β-unsaturated/α-hetero) is 1. The van der Waals surface area contributed by atoms with Crippen molar-refractivity contribution in [2.45, 2.75) is 72.4 Å². The molecule has 0 radical (unpaired) electrons. The zero-order valence-corrected chi connectivity index (χ0v) is 21.4. The summed E-state index contributed by atoms with van der Waals surface area (Å²) >= 11 is 0. The van der Waals surface area contributed by atoms with Gasteiger partial charge in [0.15, 0.2) is 5.78 Å². The van der Waals surface area contributed by atoms with Crippen molar-refractivity contribution in [3.05, 3.63) is 0 Å². The van der Waals surface area contributed by atoms with E-state index < -0.39 is 45.7 Å². The van der Waals surface area contributed by atoms with Crippen molar-refractivity contribution in [1.82, 2.24) is 20.9 Å². The van der Waals surface area contributed by atoms with Gasteiger partial charge in [-0.1, -0.05) is 20.8 Å². The molecule has 0 rings (SSSR count). The minimum absolute atomic E-state index is 0.0505. The molecule has 0 saturated carbocycles. The van der Waals surface area contributed by atoms with Crippen molar-refractivity contribution in [3.8, 4) is 0 Å². The molecule has 0 fully saturated rings. The Balaban J connectivity index is 4.74. The van der Waals surface area contributed by atoms with Crippen LogP contribution in [0.1, 0.15) is 60.3 Å². The predicted octanol–water partition coefficient (Wildman–Crippen LogP) is -0.366. The lowest BCUT2D eigenvalue weighted by atomic mass is 10.0. The molecule has 0 bridgehead atoms. The van der Waals surface area contributed by atoms with Crippen LogP contribution in [0.15, 0.2) is 0 Å². The molecule has 0 aliphatic carbocycles. The first-order valence-corrected chi connectivity index (χ1v) is 12.9. The minimum atomic E-state index is -4.18. The highest BCUT2D eigenvalue weighted by Gasteiger charge is 2.26. The van der Waals surface area contributed by atoms with E-state index in [1.54, 1.807) is 20.8 Å². The number of hydrogen-bond donors (Lipinski definition) is 4. The average molecular weight is 507 g/mol. The second kappa shape index (κ2) is 15.4. The van der Waals surface area contributed by atoms with E-state index in [1.165, 1.54) is 11.8 Å². The van der Waals surface area contributed by atoms with Gasteiger partial charge in [-0.25, -0.2) is 0 Å². The Morgan fingerprint density at radius 2 is 1.53 bits per heavy atom. The van der Waals surface area contributed by atoms with E-state index in [0.29, 0.717) is 13.0 Å². The molecule has 196 valence electrons. The fraction of sp³-hybridized carbons (Fsp3) is 0.762. The van der Waals surface area contributed by atoms with Gasteiger partial charge in [0.1, 0.15) is 6.04 Å². The molecule has 0 aliphatic heterocycles. The standard InChI is InChI=1S/C21H38N4O8S/c1-6-11-25(19(29)8-7-17(27)22-10-13-34(31,32)33)12-9-18(28)24-20(14(2)3)21(30)23-15(4)16(5)26/h14-15,20H,6-13H2,1-5H3,(H,22,27)(H,23,30)(H,24,28)(H,31,32,33)/t15-,20-/m0/s1. The van der Waals surface area contributed by atoms with Crippen LogP contribution < -0.4 is 16.0 Å². The predicted molar refractivity (Wildman–Crippen MR) is 125 cm³/mol. The first-order valence-electron chi connectivity index (χ1n) is 11.3. The van der Waals surface area contributed by atoms with Gasteiger partial charge in [0.05, 0.1) is 11.8 Å². The first kappa shape index (κ1) is 31.5. The summed E-state index contributed by atoms with van der Waals surface area (Å²) in [5.74, 6) is -2.82. The Kier molecular flexibility index (Phi) is 14.2. The van der Waals surface area contributed by atoms with Gasteiger partial charge in [-0.2, -0.15) is 8.42 Å². The highest BCUT2D eigenvalue weighted by atomic mass is 32.2. The fourth-order valence-corrected chi connectivity index (χ4v) is 3.20. The third-order valence-electron chi connectivity index (χ3n) is 4.94. The molecule has 0 aromatic rings. The molecule has 2 atom stereocenters. The molecule has 0 aromatic heterocycles. The number of ketones is 1. The smallest absolute Gasteiger partial charge is 0.266 e. The van der Waals surface area contributed by atoms with Crippen LogP contribution in [0.5, 0.6) is 0 Å². The maximum Gasteiger partial charge on any atom is 0.266 e. The first-order chi connectivity index (χ1) is 15.7. The second-order valence-electron chi connectivity index (χ2n) is 8.40. The molecule has 0 heterocycles. The van der Waals surface area contributed by atoms with Gasteiger partial charge >= 0.3 is 0 Å². The van der Waals surface area contributed by atoms with Crippen molar-refractivity contribution < 1.29 is 36.9 Å². The van der Waals surface area contributed by atoms with Crippen LogP contribution in [0.3, 0.4) is 0 Å². The summed E-state index contributed by atoms with van der Waals surface area (Å²) in [6.07, 6.45) is 0.291. The normalized spacial score (nSPS) is 13.0. The van der Waals surface area contributed by atoms with Gasteiger partial charge in [-0.05, 0) is 26.2 Å². The van der Waals surface area contributed by atoms with E-state index >= 15 is 0 Å². The molecular formula is C21H38N4O8S. The van der Waals surface area contributed by atoms with E-state index in [9.17, 15) is 32.4 Å². The molecule has 12 nitrogen and oxygen atoms in total. The lowest BCUT2D eigenvalue weighted by molar-refractivity contribution is -0.135. The van der Waals surface area contributed by atoms with E-state index in [1.807, 2.05) is 6.92 Å². The van der Waals surface area contributed by atoms with Crippen molar-refractivity contribution in [3.63, 3.8) is 0 Å². The van der Waals surface area contributed by atoms with Gasteiger partial charge in [-0.3, -0.25) is 28.5 Å². The molecule has 0 aromatic carbocycles. The van der Waals surface area contributed by atoms with Crippen molar-refractivity contribution >= 4 is 39.5 Å². The average Bonchev–Trinajstić information content (AvgIpc) is 2.71. The Morgan fingerprint density at radius 3 is 2.03 bits per heavy atom. The van der Waals surface area contributed by atoms with Gasteiger partial charge in [0, 0.05) is 38.9 Å². The van der Waals surface area contributed by atoms with Crippen LogP contribution in [0, 0.1) is 5.92 Å². The zero-order chi connectivity index (χ0) is 26.5. The molecule has 13 heteroatoms. The molecule has 0 aliphatic rings. The SMILES string of the molecule is CCCN(CCC(=O)N[C@H](C(=O)N[C@@H](C)C(C)=O)C(C)C)C(=O)CCC(=O)NCCS(=O)(=O)O. The topological polar surface area (TPSA) is 179 Å². The second-order valence-corrected chi connectivity index (χ2v) is 9.97. The quantitative estimate of drug-likeness (QED) is 0.205. The van der Waals surface area contributed by atoms with Gasteiger partial charge in [0.25, 0.3) is 10.1 Å². The largest absolute Gasteiger partial charge is 0.355 e. The fourth-order valence-electron chi connectivity index (χ4n) is 2.84. The van der Waals surface area contributed by atoms with Crippen molar-refractivity contribution in [2.24, 2.45) is 5.92 Å². The van der Waals surface area contributed by atoms with Gasteiger partial charge in [-0.15, -0.1) is 0 Å². The van der Waals surface area contributed by atoms with Crippen LogP contribution in [-0.4, -0.2) is 84.8 Å². The molecular weight excluding hydrogens is 468 g/mol. The Labute approximate surface area is 201 Å². The maximum absolute atomic E-state index is 12.5. The summed E-state index contributed by atoms with van der Waals surface area (Å²) in [5, 5.41) is 7.52. The molecule has 4 N–H and O–H groups in total. The van der Waals surface area contributed by atoms with Crippen molar-refractivity contribution in [2.75, 3.05) is 25.4 Å². The highest BCUT2D eigenvalue weighted by molar-refractivity contribution is 7.85. The summed E-state index contributed by atoms with van der Waals surface area (Å²) in [7, 11) is -4.18. The third-order valence-corrected chi connectivity index (χ3v) is 5.66. The summed E-state index contributed by atoms with van der Waals surface area (Å²) in [5.41, 5.74) is 0. The van der Waals surface area contributed by atoms with Crippen LogP contribution in [0.2, 0.25) is 0 Å². The number of amides is 4. The summed E-state index contributed by atoms with van der Waals surface area (Å²) in [6.45, 7) is 8.50. The van der Waals surface area contributed by atoms with E-state index in [2.05, 4.69) is 16.0 Å². The van der Waals surface area contributed by atoms with E-state index in [4.69, 9.17) is 4.55 Å². The Morgan fingerprint density at radius 1 is 0.912 bits per heavy atom. The number of carbonyl (C=O) groups excluding carboxylic acids is 5. The van der Waals surface area contributed by atoms with E-state index in [0.717, 1.165) is 0 Å². The molecule has 0 spiro atoms. The van der Waals surface area contributed by atoms with Crippen LogP contribution >= 0.6 is 0 Å². The lowest BCUT2D eigenvalue weighted by Crippen LogP contribution is -2.53. The number of nitrogens with one attached hydrogen (secondary N) is 3. The lowest BCUT2D eigenvalue weighted by Gasteiger charge is -2.25. The summed E-state index contributed by atoms with van der Waals surface area (Å²) in [6, 6.07) is -1.51. The highest BCUT2D eigenvalue weighted by Crippen LogP contribution is 2.05. The van der Waals surface area contributed by atoms with Gasteiger partial charge in [0.2, 0.25) is 23.6 Å². The van der Waals surface area contributed by atoms with Crippen LogP contribution in [-0.2, 0) is 34.1 Å². The Bertz CT molecular complexity index is 829. The molecule has 34 heavy (non-hydrogen) atoms. The van der Waals surface area contributed by atoms with Crippen molar-refractivity contribution in [1.29, 1.82) is 0 Å². The third kappa shape index (κ3) is 13.9. The number of nitrogens with zero attached hydrogens (tertiary/aromatic N) is 1. The minimum Gasteiger partial charge on any atom is -0.355 e. The maximum atomic E-state index is 12.5. The molecule has 0 unspecified atom stereocenters. The number of rotatable bonds is 16. The molecule has 0 saturated heterocycles. The van der Waals surface area contributed by atoms with Crippen LogP contribution in [0.4, 0.5) is 0 Å². The molecule has 4 amide bonds. The monoisotopic (exact) mass is 506 g/mol. The van der Waals surface area contributed by atoms with Gasteiger partial charge < -0.3 is 20.9 Å². The zero-order valence-electron chi connectivity index (χ0n) is 20.5. The van der Waals surface area contributed by atoms with Crippen LogP contribution in [0.25, 0.3) is 0 Å². The van der Waals surface area contributed by atoms with E-state index in [-0.39, 0.29) is 50.0 Å².